The van der Waals surface area contributed by atoms with Crippen molar-refractivity contribution >= 4 is 0 Å². The molecule has 2 N–H and O–H groups in total. The summed E-state index contributed by atoms with van der Waals surface area (Å²) in [4.78, 5) is 0. The van der Waals surface area contributed by atoms with Crippen LogP contribution in [-0.4, -0.2) is 7.11 Å². The van der Waals surface area contributed by atoms with E-state index in [0.29, 0.717) is 12.0 Å². The van der Waals surface area contributed by atoms with E-state index in [-0.39, 0.29) is 6.04 Å². The van der Waals surface area contributed by atoms with Crippen LogP contribution in [0.5, 0.6) is 5.75 Å². The summed E-state index contributed by atoms with van der Waals surface area (Å²) in [6.07, 6.45) is -3.79. The molecule has 0 fully saturated rings. The second-order valence-corrected chi connectivity index (χ2v) is 4.78. The Hall–Kier alpha value is -2.01. The van der Waals surface area contributed by atoms with E-state index in [1.165, 1.54) is 12.1 Å². The van der Waals surface area contributed by atoms with E-state index in [4.69, 9.17) is 10.5 Å². The van der Waals surface area contributed by atoms with Crippen molar-refractivity contribution in [2.24, 2.45) is 5.73 Å². The molecule has 0 aromatic heterocycles. The van der Waals surface area contributed by atoms with Crippen molar-refractivity contribution in [3.63, 3.8) is 0 Å². The molecule has 112 valence electrons. The maximum absolute atomic E-state index is 12.5. The molecule has 0 radical (unpaired) electrons. The third-order valence-corrected chi connectivity index (χ3v) is 3.26. The van der Waals surface area contributed by atoms with E-state index in [1.807, 2.05) is 24.3 Å². The summed E-state index contributed by atoms with van der Waals surface area (Å²) in [5, 5.41) is 0. The molecule has 1 atom stereocenters. The van der Waals surface area contributed by atoms with Gasteiger partial charge in [0, 0.05) is 6.04 Å². The van der Waals surface area contributed by atoms with Gasteiger partial charge in [0.15, 0.2) is 0 Å². The van der Waals surface area contributed by atoms with Gasteiger partial charge in [0.2, 0.25) is 0 Å². The molecule has 2 aromatic rings. The normalized spacial score (nSPS) is 13.0. The summed E-state index contributed by atoms with van der Waals surface area (Å²) in [5.41, 5.74) is 7.03. The van der Waals surface area contributed by atoms with E-state index < -0.39 is 11.7 Å². The van der Waals surface area contributed by atoms with E-state index in [0.717, 1.165) is 23.4 Å². The van der Waals surface area contributed by atoms with Gasteiger partial charge >= 0.3 is 6.18 Å². The van der Waals surface area contributed by atoms with Gasteiger partial charge in [0.1, 0.15) is 5.75 Å². The van der Waals surface area contributed by atoms with Crippen molar-refractivity contribution in [2.45, 2.75) is 18.6 Å². The fourth-order valence-electron chi connectivity index (χ4n) is 2.09. The van der Waals surface area contributed by atoms with E-state index in [1.54, 1.807) is 7.11 Å². The molecule has 0 heterocycles. The van der Waals surface area contributed by atoms with Crippen LogP contribution in [0.3, 0.4) is 0 Å². The first-order valence-corrected chi connectivity index (χ1v) is 6.46. The first kappa shape index (κ1) is 15.4. The van der Waals surface area contributed by atoms with Crippen molar-refractivity contribution in [1.29, 1.82) is 0 Å². The summed E-state index contributed by atoms with van der Waals surface area (Å²) in [6.45, 7) is 0. The lowest BCUT2D eigenvalue weighted by atomic mass is 9.98. The minimum absolute atomic E-state index is 0.362. The highest BCUT2D eigenvalue weighted by atomic mass is 19.4. The number of nitrogens with two attached hydrogens (primary N) is 1. The van der Waals surface area contributed by atoms with Crippen LogP contribution in [0.4, 0.5) is 13.2 Å². The van der Waals surface area contributed by atoms with Crippen LogP contribution in [0.1, 0.15) is 22.7 Å². The predicted octanol–water partition coefficient (Wildman–Crippen LogP) is 3.96. The van der Waals surface area contributed by atoms with E-state index >= 15 is 0 Å². The van der Waals surface area contributed by atoms with Crippen LogP contribution in [0.25, 0.3) is 0 Å². The highest BCUT2D eigenvalue weighted by Gasteiger charge is 2.30. The van der Waals surface area contributed by atoms with Gasteiger partial charge in [-0.05, 0) is 41.8 Å². The number of rotatable bonds is 4. The lowest BCUT2D eigenvalue weighted by Crippen LogP contribution is -2.14. The smallest absolute Gasteiger partial charge is 0.416 e. The summed E-state index contributed by atoms with van der Waals surface area (Å²) >= 11 is 0. The molecule has 2 nitrogen and oxygen atoms in total. The SMILES string of the molecule is COc1cccc(CC(N)c2ccc(C(F)(F)F)cc2)c1. The fourth-order valence-corrected chi connectivity index (χ4v) is 2.09. The Morgan fingerprint density at radius 3 is 2.33 bits per heavy atom. The molecule has 0 spiro atoms. The van der Waals surface area contributed by atoms with E-state index in [9.17, 15) is 13.2 Å². The Labute approximate surface area is 121 Å². The quantitative estimate of drug-likeness (QED) is 0.926. The minimum Gasteiger partial charge on any atom is -0.497 e. The Bertz CT molecular complexity index is 593. The number of alkyl halides is 3. The molecule has 2 rings (SSSR count). The lowest BCUT2D eigenvalue weighted by molar-refractivity contribution is -0.137. The molecular formula is C16H16F3NO. The monoisotopic (exact) mass is 295 g/mol. The first-order chi connectivity index (χ1) is 9.90. The van der Waals surface area contributed by atoms with Crippen molar-refractivity contribution in [1.82, 2.24) is 0 Å². The van der Waals surface area contributed by atoms with Gasteiger partial charge in [-0.25, -0.2) is 0 Å². The summed E-state index contributed by atoms with van der Waals surface area (Å²) in [7, 11) is 1.58. The van der Waals surface area contributed by atoms with E-state index in [2.05, 4.69) is 0 Å². The zero-order valence-electron chi connectivity index (χ0n) is 11.5. The van der Waals surface area contributed by atoms with Gasteiger partial charge in [-0.3, -0.25) is 0 Å². The Morgan fingerprint density at radius 2 is 1.76 bits per heavy atom. The maximum Gasteiger partial charge on any atom is 0.416 e. The number of hydrogen-bond acceptors (Lipinski definition) is 2. The standard InChI is InChI=1S/C16H16F3NO/c1-21-14-4-2-3-11(9-14)10-15(20)12-5-7-13(8-6-12)16(17,18)19/h2-9,15H,10,20H2,1H3. The van der Waals surface area contributed by atoms with Crippen molar-refractivity contribution < 1.29 is 17.9 Å². The van der Waals surface area contributed by atoms with Crippen LogP contribution in [-0.2, 0) is 12.6 Å². The van der Waals surface area contributed by atoms with Crippen LogP contribution >= 0.6 is 0 Å². The molecule has 0 saturated carbocycles. The molecule has 0 aliphatic carbocycles. The van der Waals surface area contributed by atoms with Crippen LogP contribution < -0.4 is 10.5 Å². The van der Waals surface area contributed by atoms with Crippen LogP contribution in [0, 0.1) is 0 Å². The molecule has 0 saturated heterocycles. The van der Waals surface area contributed by atoms with Gasteiger partial charge in [-0.2, -0.15) is 13.2 Å². The average molecular weight is 295 g/mol. The molecule has 0 aliphatic heterocycles. The second kappa shape index (κ2) is 6.18. The molecule has 21 heavy (non-hydrogen) atoms. The lowest BCUT2D eigenvalue weighted by Gasteiger charge is -2.14. The van der Waals surface area contributed by atoms with Crippen molar-refractivity contribution in [3.05, 3.63) is 65.2 Å². The second-order valence-electron chi connectivity index (χ2n) is 4.78. The topological polar surface area (TPSA) is 35.2 Å². The van der Waals surface area contributed by atoms with Gasteiger partial charge in [0.25, 0.3) is 0 Å². The number of hydrogen-bond donors (Lipinski definition) is 1. The highest BCUT2D eigenvalue weighted by molar-refractivity contribution is 5.31. The van der Waals surface area contributed by atoms with Gasteiger partial charge < -0.3 is 10.5 Å². The van der Waals surface area contributed by atoms with Crippen molar-refractivity contribution in [3.8, 4) is 5.75 Å². The Kier molecular flexibility index (Phi) is 4.53. The summed E-state index contributed by atoms with van der Waals surface area (Å²) < 4.78 is 42.6. The van der Waals surface area contributed by atoms with Crippen LogP contribution in [0.2, 0.25) is 0 Å². The molecule has 1 unspecified atom stereocenters. The number of methoxy groups -OCH3 is 1. The third-order valence-electron chi connectivity index (χ3n) is 3.26. The molecular weight excluding hydrogens is 279 g/mol. The number of ether oxygens (including phenoxy) is 1. The highest BCUT2D eigenvalue weighted by Crippen LogP contribution is 2.30. The maximum atomic E-state index is 12.5. The van der Waals surface area contributed by atoms with Gasteiger partial charge in [-0.1, -0.05) is 24.3 Å². The molecule has 0 amide bonds. The summed E-state index contributed by atoms with van der Waals surface area (Å²) in [6, 6.07) is 12.1. The fraction of sp³-hybridized carbons (Fsp3) is 0.250. The zero-order chi connectivity index (χ0) is 15.5. The van der Waals surface area contributed by atoms with Crippen molar-refractivity contribution in [2.75, 3.05) is 7.11 Å². The van der Waals surface area contributed by atoms with Gasteiger partial charge in [0.05, 0.1) is 12.7 Å². The summed E-state index contributed by atoms with van der Waals surface area (Å²) in [5.74, 6) is 0.729. The molecule has 2 aromatic carbocycles. The van der Waals surface area contributed by atoms with Gasteiger partial charge in [-0.15, -0.1) is 0 Å². The molecule has 0 bridgehead atoms. The van der Waals surface area contributed by atoms with Crippen LogP contribution in [0.15, 0.2) is 48.5 Å². The molecule has 0 aliphatic rings. The zero-order valence-corrected chi connectivity index (χ0v) is 11.5. The average Bonchev–Trinajstić information content (AvgIpc) is 2.46. The first-order valence-electron chi connectivity index (χ1n) is 6.46. The molecule has 5 heteroatoms. The Balaban J connectivity index is 2.11. The number of halogens is 3. The third kappa shape index (κ3) is 3.98. The minimum atomic E-state index is -4.32. The Morgan fingerprint density at radius 1 is 1.10 bits per heavy atom. The predicted molar refractivity (Wildman–Crippen MR) is 75.1 cm³/mol. The largest absolute Gasteiger partial charge is 0.497 e. The number of benzene rings is 2.